The van der Waals surface area contributed by atoms with E-state index in [2.05, 4.69) is 10.4 Å². The van der Waals surface area contributed by atoms with Crippen molar-refractivity contribution in [1.82, 2.24) is 9.78 Å². The lowest BCUT2D eigenvalue weighted by Crippen LogP contribution is -2.28. The minimum Gasteiger partial charge on any atom is -0.444 e. The molecule has 1 aromatic heterocycles. The Morgan fingerprint density at radius 3 is 2.37 bits per heavy atom. The predicted octanol–water partition coefficient (Wildman–Crippen LogP) is 1.73. The molecule has 0 bridgehead atoms. The number of rotatable bonds is 2. The predicted molar refractivity (Wildman–Crippen MR) is 66.1 cm³/mol. The molecular weight excluding hydrogens is 277 g/mol. The molecule has 0 aromatic carbocycles. The Bertz CT molecular complexity index is 601. The van der Waals surface area contributed by atoms with E-state index in [9.17, 15) is 17.1 Å². The number of hydrogen-bond acceptors (Lipinski definition) is 5. The van der Waals surface area contributed by atoms with Crippen LogP contribution in [0.25, 0.3) is 0 Å². The lowest BCUT2D eigenvalue weighted by atomic mass is 10.2. The highest BCUT2D eigenvalue weighted by Crippen LogP contribution is 2.26. The zero-order chi connectivity index (χ0) is 15.0. The third-order valence-corrected chi connectivity index (χ3v) is 3.01. The standard InChI is InChI=1S/C10H16FN3O4S/c1-6-7(19(11,16)17)8(14(5)13-6)12-9(15)18-10(2,3)4/h1-5H3,(H,12,15). The maximum atomic E-state index is 13.2. The third-order valence-electron chi connectivity index (χ3n) is 2.03. The zero-order valence-corrected chi connectivity index (χ0v) is 12.1. The number of carbonyl (C=O) groups excluding carboxylic acids is 1. The third kappa shape index (κ3) is 3.91. The van der Waals surface area contributed by atoms with Gasteiger partial charge in [-0.2, -0.15) is 13.5 Å². The molecule has 1 rings (SSSR count). The second kappa shape index (κ2) is 4.80. The van der Waals surface area contributed by atoms with E-state index in [0.29, 0.717) is 0 Å². The van der Waals surface area contributed by atoms with Crippen LogP contribution < -0.4 is 5.32 Å². The molecule has 1 heterocycles. The van der Waals surface area contributed by atoms with Gasteiger partial charge >= 0.3 is 16.3 Å². The molecule has 0 saturated carbocycles. The van der Waals surface area contributed by atoms with Crippen molar-refractivity contribution in [3.63, 3.8) is 0 Å². The maximum Gasteiger partial charge on any atom is 0.413 e. The van der Waals surface area contributed by atoms with Crippen LogP contribution >= 0.6 is 0 Å². The van der Waals surface area contributed by atoms with E-state index in [4.69, 9.17) is 4.74 Å². The number of amides is 1. The summed E-state index contributed by atoms with van der Waals surface area (Å²) in [7, 11) is -3.60. The highest BCUT2D eigenvalue weighted by atomic mass is 32.3. The van der Waals surface area contributed by atoms with E-state index >= 15 is 0 Å². The molecule has 0 fully saturated rings. The summed E-state index contributed by atoms with van der Waals surface area (Å²) in [6, 6.07) is 0. The van der Waals surface area contributed by atoms with E-state index in [1.165, 1.54) is 14.0 Å². The van der Waals surface area contributed by atoms with Crippen molar-refractivity contribution >= 4 is 22.1 Å². The van der Waals surface area contributed by atoms with Gasteiger partial charge < -0.3 is 4.74 Å². The molecule has 0 atom stereocenters. The summed E-state index contributed by atoms with van der Waals surface area (Å²) >= 11 is 0. The van der Waals surface area contributed by atoms with E-state index < -0.39 is 26.8 Å². The molecule has 108 valence electrons. The summed E-state index contributed by atoms with van der Waals surface area (Å²) < 4.78 is 41.3. The monoisotopic (exact) mass is 293 g/mol. The van der Waals surface area contributed by atoms with Crippen LogP contribution in [0.3, 0.4) is 0 Å². The number of hydrogen-bond donors (Lipinski definition) is 1. The number of nitrogens with zero attached hydrogens (tertiary/aromatic N) is 2. The molecule has 1 aromatic rings. The van der Waals surface area contributed by atoms with Gasteiger partial charge in [-0.15, -0.1) is 3.89 Å². The van der Waals surface area contributed by atoms with Crippen molar-refractivity contribution in [1.29, 1.82) is 0 Å². The Morgan fingerprint density at radius 2 is 1.95 bits per heavy atom. The Kier molecular flexibility index (Phi) is 3.89. The number of halogens is 1. The fraction of sp³-hybridized carbons (Fsp3) is 0.600. The smallest absolute Gasteiger partial charge is 0.413 e. The fourth-order valence-electron chi connectivity index (χ4n) is 1.47. The summed E-state index contributed by atoms with van der Waals surface area (Å²) in [5.41, 5.74) is -0.803. The van der Waals surface area contributed by atoms with Crippen LogP contribution in [0.15, 0.2) is 4.90 Å². The first-order valence-corrected chi connectivity index (χ1v) is 6.78. The van der Waals surface area contributed by atoms with Gasteiger partial charge in [-0.3, -0.25) is 10.00 Å². The van der Waals surface area contributed by atoms with E-state index in [-0.39, 0.29) is 11.5 Å². The summed E-state index contributed by atoms with van der Waals surface area (Å²) in [6.45, 7) is 6.27. The molecule has 0 radical (unpaired) electrons. The van der Waals surface area contributed by atoms with E-state index in [1.807, 2.05) is 0 Å². The second-order valence-electron chi connectivity index (χ2n) is 4.95. The van der Waals surface area contributed by atoms with Gasteiger partial charge in [0.2, 0.25) is 0 Å². The fourth-order valence-corrected chi connectivity index (χ4v) is 2.28. The lowest BCUT2D eigenvalue weighted by molar-refractivity contribution is 0.0634. The first-order chi connectivity index (χ1) is 8.42. The van der Waals surface area contributed by atoms with Crippen LogP contribution in [0.4, 0.5) is 14.5 Å². The van der Waals surface area contributed by atoms with Gasteiger partial charge in [0.1, 0.15) is 5.60 Å². The lowest BCUT2D eigenvalue weighted by Gasteiger charge is -2.19. The van der Waals surface area contributed by atoms with Crippen molar-refractivity contribution in [2.45, 2.75) is 38.2 Å². The number of ether oxygens (including phenoxy) is 1. The average Bonchev–Trinajstić information content (AvgIpc) is 2.36. The van der Waals surface area contributed by atoms with Gasteiger partial charge in [-0.25, -0.2) is 4.79 Å². The first kappa shape index (κ1) is 15.4. The van der Waals surface area contributed by atoms with Crippen molar-refractivity contribution in [2.75, 3.05) is 5.32 Å². The number of nitrogens with one attached hydrogen (secondary N) is 1. The molecule has 0 aliphatic carbocycles. The van der Waals surface area contributed by atoms with Crippen LogP contribution in [0.1, 0.15) is 26.5 Å². The Hall–Kier alpha value is -1.64. The quantitative estimate of drug-likeness (QED) is 0.839. The van der Waals surface area contributed by atoms with Crippen LogP contribution in [0.5, 0.6) is 0 Å². The molecule has 1 amide bonds. The molecule has 1 N–H and O–H groups in total. The Balaban J connectivity index is 3.13. The van der Waals surface area contributed by atoms with Crippen molar-refractivity contribution in [2.24, 2.45) is 7.05 Å². The van der Waals surface area contributed by atoms with Crippen LogP contribution in [-0.2, 0) is 22.0 Å². The Morgan fingerprint density at radius 1 is 1.42 bits per heavy atom. The highest BCUT2D eigenvalue weighted by molar-refractivity contribution is 7.86. The molecule has 0 aliphatic heterocycles. The van der Waals surface area contributed by atoms with Crippen molar-refractivity contribution < 1.29 is 21.8 Å². The highest BCUT2D eigenvalue weighted by Gasteiger charge is 2.28. The summed E-state index contributed by atoms with van der Waals surface area (Å²) in [4.78, 5) is 10.9. The molecule has 0 saturated heterocycles. The molecule has 19 heavy (non-hydrogen) atoms. The number of aromatic nitrogens is 2. The minimum absolute atomic E-state index is 0.0453. The molecule has 0 unspecified atom stereocenters. The van der Waals surface area contributed by atoms with Gasteiger partial charge in [0.25, 0.3) is 0 Å². The van der Waals surface area contributed by atoms with Gasteiger partial charge in [0, 0.05) is 7.05 Å². The summed E-state index contributed by atoms with van der Waals surface area (Å²) in [5, 5.41) is 5.94. The summed E-state index contributed by atoms with van der Waals surface area (Å²) in [6.07, 6.45) is -0.889. The van der Waals surface area contributed by atoms with Crippen molar-refractivity contribution in [3.05, 3.63) is 5.69 Å². The number of aryl methyl sites for hydroxylation is 2. The second-order valence-corrected chi connectivity index (χ2v) is 6.24. The van der Waals surface area contributed by atoms with Crippen LogP contribution in [-0.4, -0.2) is 29.9 Å². The Labute approximate surface area is 111 Å². The first-order valence-electron chi connectivity index (χ1n) is 5.40. The van der Waals surface area contributed by atoms with Crippen LogP contribution in [0.2, 0.25) is 0 Å². The van der Waals surface area contributed by atoms with E-state index in [0.717, 1.165) is 4.68 Å². The minimum atomic E-state index is -4.99. The zero-order valence-electron chi connectivity index (χ0n) is 11.3. The number of carbonyl (C=O) groups is 1. The largest absolute Gasteiger partial charge is 0.444 e. The van der Waals surface area contributed by atoms with Gasteiger partial charge in [0.15, 0.2) is 10.7 Å². The number of anilines is 1. The van der Waals surface area contributed by atoms with Gasteiger partial charge in [-0.05, 0) is 27.7 Å². The topological polar surface area (TPSA) is 90.3 Å². The summed E-state index contributed by atoms with van der Waals surface area (Å²) in [5.74, 6) is -0.269. The normalized spacial score (nSPS) is 12.3. The van der Waals surface area contributed by atoms with Crippen LogP contribution in [0, 0.1) is 6.92 Å². The molecule has 0 spiro atoms. The molecular formula is C10H16FN3O4S. The van der Waals surface area contributed by atoms with Crippen molar-refractivity contribution in [3.8, 4) is 0 Å². The van der Waals surface area contributed by atoms with E-state index in [1.54, 1.807) is 20.8 Å². The molecule has 0 aliphatic rings. The maximum absolute atomic E-state index is 13.2. The van der Waals surface area contributed by atoms with Gasteiger partial charge in [0.05, 0.1) is 5.69 Å². The molecule has 7 nitrogen and oxygen atoms in total. The average molecular weight is 293 g/mol. The van der Waals surface area contributed by atoms with Gasteiger partial charge in [-0.1, -0.05) is 0 Å². The molecule has 9 heteroatoms. The SMILES string of the molecule is Cc1nn(C)c(NC(=O)OC(C)(C)C)c1S(=O)(=O)F.